The number of hydrogen-bond donors (Lipinski definition) is 2. The topological polar surface area (TPSA) is 106 Å². The van der Waals surface area contributed by atoms with Gasteiger partial charge in [0.15, 0.2) is 5.82 Å². The Bertz CT molecular complexity index is 788. The van der Waals surface area contributed by atoms with Crippen molar-refractivity contribution in [1.29, 1.82) is 0 Å². The van der Waals surface area contributed by atoms with Crippen LogP contribution in [0, 0.1) is 5.82 Å². The lowest BCUT2D eigenvalue weighted by molar-refractivity contribution is 0.0776. The fourth-order valence-electron chi connectivity index (χ4n) is 1.69. The van der Waals surface area contributed by atoms with Crippen LogP contribution in [0.25, 0.3) is 0 Å². The highest BCUT2D eigenvalue weighted by atomic mass is 35.5. The van der Waals surface area contributed by atoms with Gasteiger partial charge in [-0.1, -0.05) is 17.7 Å². The number of ether oxygens (including phenoxy) is 1. The lowest BCUT2D eigenvalue weighted by atomic mass is 10.0. The van der Waals surface area contributed by atoms with E-state index in [-0.39, 0.29) is 29.0 Å². The number of rotatable bonds is 6. The molecule has 2 rings (SSSR count). The van der Waals surface area contributed by atoms with Crippen LogP contribution >= 0.6 is 11.6 Å². The molecule has 1 aromatic heterocycles. The zero-order valence-electron chi connectivity index (χ0n) is 13.6. The number of benzene rings is 1. The SMILES string of the molecule is CC(C)(O)c1cnc(OCC(C=Nc2cccc(Cl)c2F)=NN)nc1. The van der Waals surface area contributed by atoms with Crippen molar-refractivity contribution < 1.29 is 14.2 Å². The van der Waals surface area contributed by atoms with Gasteiger partial charge in [-0.25, -0.2) is 14.4 Å². The zero-order chi connectivity index (χ0) is 18.4. The third-order valence-electron chi connectivity index (χ3n) is 3.13. The summed E-state index contributed by atoms with van der Waals surface area (Å²) in [7, 11) is 0. The van der Waals surface area contributed by atoms with E-state index in [1.807, 2.05) is 0 Å². The Morgan fingerprint density at radius 1 is 1.40 bits per heavy atom. The number of aliphatic imine (C=N–C) groups is 1. The minimum atomic E-state index is -1.05. The van der Waals surface area contributed by atoms with Crippen molar-refractivity contribution in [3.05, 3.63) is 47.0 Å². The van der Waals surface area contributed by atoms with E-state index in [4.69, 9.17) is 22.2 Å². The Balaban J connectivity index is 2.01. The highest BCUT2D eigenvalue weighted by Crippen LogP contribution is 2.24. The fourth-order valence-corrected chi connectivity index (χ4v) is 1.86. The first kappa shape index (κ1) is 18.8. The molecule has 0 bridgehead atoms. The molecule has 0 fully saturated rings. The first-order valence-corrected chi connectivity index (χ1v) is 7.61. The number of hydrazone groups is 1. The molecule has 0 saturated carbocycles. The molecule has 0 aliphatic carbocycles. The van der Waals surface area contributed by atoms with Gasteiger partial charge in [0.2, 0.25) is 0 Å². The lowest BCUT2D eigenvalue weighted by Gasteiger charge is -2.16. The highest BCUT2D eigenvalue weighted by molar-refractivity contribution is 6.32. The first-order chi connectivity index (χ1) is 11.8. The summed E-state index contributed by atoms with van der Waals surface area (Å²) in [6.45, 7) is 3.18. The van der Waals surface area contributed by atoms with Gasteiger partial charge < -0.3 is 15.7 Å². The largest absolute Gasteiger partial charge is 0.457 e. The van der Waals surface area contributed by atoms with Crippen LogP contribution in [0.4, 0.5) is 10.1 Å². The molecule has 3 N–H and O–H groups in total. The summed E-state index contributed by atoms with van der Waals surface area (Å²) >= 11 is 5.69. The molecular formula is C16H17ClFN5O2. The van der Waals surface area contributed by atoms with Crippen LogP contribution in [-0.2, 0) is 5.60 Å². The van der Waals surface area contributed by atoms with Gasteiger partial charge in [0.05, 0.1) is 16.8 Å². The van der Waals surface area contributed by atoms with Crippen LogP contribution in [-0.4, -0.2) is 33.6 Å². The second kappa shape index (κ2) is 8.00. The van der Waals surface area contributed by atoms with Crippen LogP contribution in [0.5, 0.6) is 6.01 Å². The highest BCUT2D eigenvalue weighted by Gasteiger charge is 2.17. The number of aromatic nitrogens is 2. The standard InChI is InChI=1S/C16H17ClFN5O2/c1-16(2,24)10-6-21-15(22-7-10)25-9-11(23-19)8-20-13-5-3-4-12(17)14(13)18/h3-8,24H,9,19H2,1-2H3. The van der Waals surface area contributed by atoms with Crippen molar-refractivity contribution in [3.63, 3.8) is 0 Å². The maximum atomic E-state index is 13.8. The van der Waals surface area contributed by atoms with Crippen molar-refractivity contribution in [3.8, 4) is 6.01 Å². The minimum absolute atomic E-state index is 0.0302. The van der Waals surface area contributed by atoms with E-state index < -0.39 is 11.4 Å². The molecule has 7 nitrogen and oxygen atoms in total. The van der Waals surface area contributed by atoms with E-state index >= 15 is 0 Å². The van der Waals surface area contributed by atoms with Crippen molar-refractivity contribution in [2.45, 2.75) is 19.4 Å². The summed E-state index contributed by atoms with van der Waals surface area (Å²) in [6.07, 6.45) is 4.17. The smallest absolute Gasteiger partial charge is 0.316 e. The number of hydrogen-bond acceptors (Lipinski definition) is 7. The van der Waals surface area contributed by atoms with Gasteiger partial charge in [-0.05, 0) is 26.0 Å². The molecule has 0 aliphatic rings. The third-order valence-corrected chi connectivity index (χ3v) is 3.43. The Kier molecular flexibility index (Phi) is 6.00. The lowest BCUT2D eigenvalue weighted by Crippen LogP contribution is -2.18. The molecule has 0 unspecified atom stereocenters. The van der Waals surface area contributed by atoms with E-state index in [0.29, 0.717) is 5.56 Å². The maximum absolute atomic E-state index is 13.8. The number of nitrogens with two attached hydrogens (primary N) is 1. The molecule has 132 valence electrons. The molecule has 1 heterocycles. The van der Waals surface area contributed by atoms with E-state index in [1.54, 1.807) is 19.9 Å². The Hall–Kier alpha value is -2.58. The third kappa shape index (κ3) is 5.20. The first-order valence-electron chi connectivity index (χ1n) is 7.24. The summed E-state index contributed by atoms with van der Waals surface area (Å²) < 4.78 is 19.1. The molecule has 25 heavy (non-hydrogen) atoms. The van der Waals surface area contributed by atoms with Gasteiger partial charge in [-0.2, -0.15) is 5.10 Å². The molecule has 0 aliphatic heterocycles. The molecular weight excluding hydrogens is 349 g/mol. The van der Waals surface area contributed by atoms with Gasteiger partial charge in [-0.15, -0.1) is 0 Å². The van der Waals surface area contributed by atoms with E-state index in [0.717, 1.165) is 0 Å². The molecule has 0 saturated heterocycles. The average molecular weight is 366 g/mol. The number of aliphatic hydroxyl groups is 1. The van der Waals surface area contributed by atoms with Crippen LogP contribution in [0.15, 0.2) is 40.7 Å². The predicted molar refractivity (Wildman–Crippen MR) is 94.0 cm³/mol. The normalized spacial score (nSPS) is 12.6. The molecule has 0 atom stereocenters. The molecule has 1 aromatic carbocycles. The Labute approximate surface area is 149 Å². The quantitative estimate of drug-likeness (QED) is 0.465. The van der Waals surface area contributed by atoms with Gasteiger partial charge >= 0.3 is 6.01 Å². The van der Waals surface area contributed by atoms with Crippen LogP contribution in [0.3, 0.4) is 0 Å². The minimum Gasteiger partial charge on any atom is -0.457 e. The molecule has 0 amide bonds. The summed E-state index contributed by atoms with van der Waals surface area (Å²) in [6, 6.07) is 4.54. The second-order valence-electron chi connectivity index (χ2n) is 5.55. The summed E-state index contributed by atoms with van der Waals surface area (Å²) in [4.78, 5) is 11.9. The van der Waals surface area contributed by atoms with Crippen LogP contribution < -0.4 is 10.6 Å². The average Bonchev–Trinajstić information content (AvgIpc) is 2.58. The van der Waals surface area contributed by atoms with Gasteiger partial charge in [0.25, 0.3) is 0 Å². The molecule has 0 spiro atoms. The summed E-state index contributed by atoms with van der Waals surface area (Å²) in [5.41, 5.74) is -0.199. The Morgan fingerprint density at radius 2 is 2.08 bits per heavy atom. The van der Waals surface area contributed by atoms with E-state index in [1.165, 1.54) is 30.7 Å². The van der Waals surface area contributed by atoms with E-state index in [2.05, 4.69) is 20.1 Å². The van der Waals surface area contributed by atoms with Crippen molar-refractivity contribution >= 4 is 29.2 Å². The molecule has 9 heteroatoms. The number of nitrogens with zero attached hydrogens (tertiary/aromatic N) is 4. The van der Waals surface area contributed by atoms with Crippen molar-refractivity contribution in [2.24, 2.45) is 15.9 Å². The monoisotopic (exact) mass is 365 g/mol. The maximum Gasteiger partial charge on any atom is 0.316 e. The van der Waals surface area contributed by atoms with Crippen molar-refractivity contribution in [2.75, 3.05) is 6.61 Å². The van der Waals surface area contributed by atoms with Gasteiger partial charge in [0, 0.05) is 18.0 Å². The fraction of sp³-hybridized carbons (Fsp3) is 0.250. The summed E-state index contributed by atoms with van der Waals surface area (Å²) in [5.74, 6) is 4.64. The van der Waals surface area contributed by atoms with Gasteiger partial charge in [0.1, 0.15) is 18.0 Å². The molecule has 2 aromatic rings. The Morgan fingerprint density at radius 3 is 2.68 bits per heavy atom. The van der Waals surface area contributed by atoms with Crippen molar-refractivity contribution in [1.82, 2.24) is 9.97 Å². The second-order valence-corrected chi connectivity index (χ2v) is 5.96. The van der Waals surface area contributed by atoms with Gasteiger partial charge in [-0.3, -0.25) is 4.99 Å². The van der Waals surface area contributed by atoms with Crippen LogP contribution in [0.1, 0.15) is 19.4 Å². The van der Waals surface area contributed by atoms with Crippen LogP contribution in [0.2, 0.25) is 5.02 Å². The number of halogens is 2. The summed E-state index contributed by atoms with van der Waals surface area (Å²) in [5, 5.41) is 13.3. The van der Waals surface area contributed by atoms with E-state index in [9.17, 15) is 9.50 Å². The zero-order valence-corrected chi connectivity index (χ0v) is 14.4. The molecule has 0 radical (unpaired) electrons. The predicted octanol–water partition coefficient (Wildman–Crippen LogP) is 2.59.